The average molecular weight is 527 g/mol. The van der Waals surface area contributed by atoms with E-state index in [-0.39, 0.29) is 30.0 Å². The number of aromatic nitrogens is 1. The molecule has 2 N–H and O–H groups in total. The van der Waals surface area contributed by atoms with Crippen molar-refractivity contribution in [3.05, 3.63) is 42.1 Å². The van der Waals surface area contributed by atoms with Crippen molar-refractivity contribution in [2.75, 3.05) is 46.4 Å². The second-order valence-corrected chi connectivity index (χ2v) is 6.74. The highest BCUT2D eigenvalue weighted by Gasteiger charge is 2.24. The number of aliphatic imine (C=N–C) groups is 1. The Balaban J connectivity index is 0.00000320. The zero-order valence-electron chi connectivity index (χ0n) is 17.8. The molecule has 0 aliphatic carbocycles. The third kappa shape index (κ3) is 6.04. The lowest BCUT2D eigenvalue weighted by molar-refractivity contribution is 0.392. The predicted molar refractivity (Wildman–Crippen MR) is 130 cm³/mol. The zero-order chi connectivity index (χ0) is 20.6. The number of nitrogens with one attached hydrogen (secondary N) is 2. The van der Waals surface area contributed by atoms with Crippen molar-refractivity contribution in [2.24, 2.45) is 4.99 Å². The lowest BCUT2D eigenvalue weighted by Crippen LogP contribution is -2.44. The van der Waals surface area contributed by atoms with Gasteiger partial charge in [-0.2, -0.15) is 0 Å². The number of hydrogen-bond donors (Lipinski definition) is 2. The number of halogens is 1. The monoisotopic (exact) mass is 527 g/mol. The highest BCUT2D eigenvalue weighted by atomic mass is 127. The summed E-state index contributed by atoms with van der Waals surface area (Å²) in [5.74, 6) is 2.96. The van der Waals surface area contributed by atoms with Crippen LogP contribution in [0.25, 0.3) is 0 Å². The number of nitrogens with zero attached hydrogens (tertiary/aromatic N) is 3. The lowest BCUT2D eigenvalue weighted by atomic mass is 10.2. The Hall–Kier alpha value is -2.43. The second kappa shape index (κ2) is 11.7. The van der Waals surface area contributed by atoms with E-state index in [4.69, 9.17) is 14.2 Å². The van der Waals surface area contributed by atoms with Crippen molar-refractivity contribution < 1.29 is 14.2 Å². The minimum absolute atomic E-state index is 0. The number of hydrogen-bond acceptors (Lipinski definition) is 6. The molecule has 2 aromatic rings. The first-order chi connectivity index (χ1) is 14.2. The van der Waals surface area contributed by atoms with Crippen molar-refractivity contribution in [1.82, 2.24) is 15.6 Å². The molecule has 0 bridgehead atoms. The van der Waals surface area contributed by atoms with Crippen molar-refractivity contribution in [3.8, 4) is 17.4 Å². The van der Waals surface area contributed by atoms with Crippen molar-refractivity contribution in [3.63, 3.8) is 0 Å². The van der Waals surface area contributed by atoms with E-state index in [2.05, 4.69) is 25.5 Å². The summed E-state index contributed by atoms with van der Waals surface area (Å²) in [4.78, 5) is 10.9. The first-order valence-electron chi connectivity index (χ1n) is 9.60. The molecule has 8 nitrogen and oxygen atoms in total. The molecule has 0 amide bonds. The number of anilines is 1. The molecule has 1 aromatic heterocycles. The molecule has 164 valence electrons. The quantitative estimate of drug-likeness (QED) is 0.326. The summed E-state index contributed by atoms with van der Waals surface area (Å²) < 4.78 is 16.1. The lowest BCUT2D eigenvalue weighted by Gasteiger charge is -2.21. The summed E-state index contributed by atoms with van der Waals surface area (Å²) in [6.45, 7) is 2.40. The topological polar surface area (TPSA) is 80.2 Å². The maximum atomic E-state index is 5.39. The normalized spacial score (nSPS) is 15.9. The van der Waals surface area contributed by atoms with Gasteiger partial charge in [-0.25, -0.2) is 4.98 Å². The minimum atomic E-state index is 0. The van der Waals surface area contributed by atoms with Crippen LogP contribution in [0.2, 0.25) is 0 Å². The molecule has 1 aromatic carbocycles. The molecule has 30 heavy (non-hydrogen) atoms. The summed E-state index contributed by atoms with van der Waals surface area (Å²) in [5, 5.41) is 6.84. The van der Waals surface area contributed by atoms with Gasteiger partial charge in [0, 0.05) is 68.4 Å². The maximum Gasteiger partial charge on any atom is 0.218 e. The zero-order valence-corrected chi connectivity index (χ0v) is 20.2. The molecule has 9 heteroatoms. The predicted octanol–water partition coefficient (Wildman–Crippen LogP) is 2.67. The summed E-state index contributed by atoms with van der Waals surface area (Å²) in [6, 6.07) is 10.1. The number of rotatable bonds is 7. The maximum absolute atomic E-state index is 5.39. The fraction of sp³-hybridized carbons (Fsp3) is 0.429. The van der Waals surface area contributed by atoms with Gasteiger partial charge in [-0.3, -0.25) is 4.99 Å². The van der Waals surface area contributed by atoms with E-state index in [1.54, 1.807) is 34.6 Å². The Morgan fingerprint density at radius 2 is 1.90 bits per heavy atom. The van der Waals surface area contributed by atoms with Crippen molar-refractivity contribution in [2.45, 2.75) is 19.0 Å². The number of guanidine groups is 1. The Kier molecular flexibility index (Phi) is 9.28. The van der Waals surface area contributed by atoms with Gasteiger partial charge in [-0.15, -0.1) is 24.0 Å². The molecule has 1 saturated heterocycles. The van der Waals surface area contributed by atoms with Gasteiger partial charge in [0.05, 0.1) is 21.3 Å². The molecule has 2 heterocycles. The minimum Gasteiger partial charge on any atom is -0.497 e. The van der Waals surface area contributed by atoms with Crippen LogP contribution in [0.5, 0.6) is 17.4 Å². The van der Waals surface area contributed by atoms with Crippen LogP contribution >= 0.6 is 24.0 Å². The Morgan fingerprint density at radius 1 is 1.17 bits per heavy atom. The van der Waals surface area contributed by atoms with E-state index in [9.17, 15) is 0 Å². The fourth-order valence-corrected chi connectivity index (χ4v) is 3.40. The van der Waals surface area contributed by atoms with Gasteiger partial charge in [-0.05, 0) is 12.5 Å². The van der Waals surface area contributed by atoms with Crippen molar-refractivity contribution in [1.29, 1.82) is 0 Å². The van der Waals surface area contributed by atoms with Crippen LogP contribution in [0.15, 0.2) is 41.5 Å². The van der Waals surface area contributed by atoms with Gasteiger partial charge in [0.15, 0.2) is 5.96 Å². The summed E-state index contributed by atoms with van der Waals surface area (Å²) in [5.41, 5.74) is 2.07. The highest BCUT2D eigenvalue weighted by molar-refractivity contribution is 14.0. The van der Waals surface area contributed by atoms with Gasteiger partial charge in [0.1, 0.15) is 11.5 Å². The Bertz CT molecular complexity index is 827. The number of methoxy groups -OCH3 is 3. The van der Waals surface area contributed by atoms with Crippen LogP contribution in [-0.2, 0) is 6.54 Å². The standard InChI is InChI=1S/C21H29N5O3.HI/c1-22-21(24-13-15-6-5-8-23-20(15)29-4)25-16-7-9-26(14-16)17-10-18(27-2)12-19(11-17)28-3;/h5-6,8,10-12,16H,7,9,13-14H2,1-4H3,(H2,22,24,25);1H. The molecule has 0 radical (unpaired) electrons. The van der Waals surface area contributed by atoms with Crippen LogP contribution in [-0.4, -0.2) is 58.5 Å². The Morgan fingerprint density at radius 3 is 2.53 bits per heavy atom. The van der Waals surface area contributed by atoms with Gasteiger partial charge < -0.3 is 29.7 Å². The summed E-state index contributed by atoms with van der Waals surface area (Å²) >= 11 is 0. The molecular formula is C21H30IN5O3. The average Bonchev–Trinajstić information content (AvgIpc) is 3.24. The molecule has 0 spiro atoms. The SMILES string of the molecule is CN=C(NCc1cccnc1OC)NC1CCN(c2cc(OC)cc(OC)c2)C1.I. The van der Waals surface area contributed by atoms with Crippen LogP contribution in [0.1, 0.15) is 12.0 Å². The molecule has 1 unspecified atom stereocenters. The number of pyridine rings is 1. The van der Waals surface area contributed by atoms with Crippen LogP contribution in [0.4, 0.5) is 5.69 Å². The van der Waals surface area contributed by atoms with Crippen LogP contribution in [0, 0.1) is 0 Å². The van der Waals surface area contributed by atoms with Crippen LogP contribution in [0.3, 0.4) is 0 Å². The van der Waals surface area contributed by atoms with E-state index in [0.717, 1.165) is 48.2 Å². The van der Waals surface area contributed by atoms with Crippen molar-refractivity contribution >= 4 is 35.6 Å². The second-order valence-electron chi connectivity index (χ2n) is 6.74. The van der Waals surface area contributed by atoms with Gasteiger partial charge in [0.25, 0.3) is 0 Å². The molecule has 1 aliphatic heterocycles. The highest BCUT2D eigenvalue weighted by Crippen LogP contribution is 2.30. The van der Waals surface area contributed by atoms with Crippen LogP contribution < -0.4 is 29.7 Å². The third-order valence-corrected chi connectivity index (χ3v) is 4.94. The fourth-order valence-electron chi connectivity index (χ4n) is 3.40. The van der Waals surface area contributed by atoms with Gasteiger partial charge in [0.2, 0.25) is 5.88 Å². The summed E-state index contributed by atoms with van der Waals surface area (Å²) in [6.07, 6.45) is 2.73. The molecule has 1 aliphatic rings. The van der Waals surface area contributed by atoms with E-state index in [0.29, 0.717) is 12.4 Å². The largest absolute Gasteiger partial charge is 0.497 e. The molecular weight excluding hydrogens is 497 g/mol. The first kappa shape index (κ1) is 23.8. The number of benzene rings is 1. The summed E-state index contributed by atoms with van der Waals surface area (Å²) in [7, 11) is 6.73. The molecule has 1 fully saturated rings. The third-order valence-electron chi connectivity index (χ3n) is 4.94. The Labute approximate surface area is 195 Å². The van der Waals surface area contributed by atoms with E-state index < -0.39 is 0 Å². The van der Waals surface area contributed by atoms with E-state index in [1.165, 1.54) is 0 Å². The van der Waals surface area contributed by atoms with Gasteiger partial charge in [-0.1, -0.05) is 6.07 Å². The van der Waals surface area contributed by atoms with Gasteiger partial charge >= 0.3 is 0 Å². The smallest absolute Gasteiger partial charge is 0.218 e. The first-order valence-corrected chi connectivity index (χ1v) is 9.60. The molecule has 0 saturated carbocycles. The molecule has 3 rings (SSSR count). The number of ether oxygens (including phenoxy) is 3. The van der Waals surface area contributed by atoms with E-state index in [1.807, 2.05) is 30.3 Å². The molecule has 1 atom stereocenters. The van der Waals surface area contributed by atoms with E-state index >= 15 is 0 Å².